The molecule has 2 aromatic carbocycles. The van der Waals surface area contributed by atoms with Crippen molar-refractivity contribution in [3.63, 3.8) is 0 Å². The molecule has 3 aromatic heterocycles. The molecule has 0 spiro atoms. The number of amidine groups is 1. The Kier molecular flexibility index (Phi) is 10.2. The quantitative estimate of drug-likeness (QED) is 0.213. The summed E-state index contributed by atoms with van der Waals surface area (Å²) < 4.78 is 20.4. The Hall–Kier alpha value is -4.43. The fraction of sp³-hybridized carbons (Fsp3) is 0.450. The maximum absolute atomic E-state index is 13.4. The highest BCUT2D eigenvalue weighted by Gasteiger charge is 2.28. The summed E-state index contributed by atoms with van der Waals surface area (Å²) >= 11 is 1.81. The van der Waals surface area contributed by atoms with E-state index >= 15 is 0 Å². The molecule has 4 aliphatic rings. The second-order valence-electron chi connectivity index (χ2n) is 14.7. The molecule has 5 aromatic rings. The number of nitrogens with zero attached hydrogens (tertiary/aromatic N) is 7. The van der Waals surface area contributed by atoms with E-state index < -0.39 is 6.10 Å². The summed E-state index contributed by atoms with van der Waals surface area (Å²) in [7, 11) is 2.18. The number of hydrogen-bond acceptors (Lipinski definition) is 11. The lowest BCUT2D eigenvalue weighted by Crippen LogP contribution is -2.47. The Bertz CT molecular complexity index is 2200. The molecular weight excluding hydrogens is 692 g/mol. The fourth-order valence-electron chi connectivity index (χ4n) is 7.98. The smallest absolute Gasteiger partial charge is 0.257 e. The first-order chi connectivity index (χ1) is 25.7. The molecule has 278 valence electrons. The number of aliphatic imine (C=N–C) groups is 1. The van der Waals surface area contributed by atoms with Gasteiger partial charge in [0.2, 0.25) is 0 Å². The van der Waals surface area contributed by atoms with E-state index in [1.54, 1.807) is 22.0 Å². The number of rotatable bonds is 4. The van der Waals surface area contributed by atoms with Gasteiger partial charge in [0, 0.05) is 72.8 Å². The third kappa shape index (κ3) is 7.40. The van der Waals surface area contributed by atoms with E-state index in [9.17, 15) is 14.3 Å². The van der Waals surface area contributed by atoms with Gasteiger partial charge in [-0.15, -0.1) is 11.3 Å². The van der Waals surface area contributed by atoms with Gasteiger partial charge in [0.1, 0.15) is 28.6 Å². The summed E-state index contributed by atoms with van der Waals surface area (Å²) in [6.45, 7) is 11.5. The van der Waals surface area contributed by atoms with Crippen molar-refractivity contribution in [1.29, 1.82) is 0 Å². The highest BCUT2D eigenvalue weighted by molar-refractivity contribution is 7.16. The molecule has 0 unspecified atom stereocenters. The van der Waals surface area contributed by atoms with E-state index in [2.05, 4.69) is 74.5 Å². The Morgan fingerprint density at radius 3 is 2.60 bits per heavy atom. The van der Waals surface area contributed by atoms with Crippen LogP contribution in [-0.2, 0) is 13.0 Å². The van der Waals surface area contributed by atoms with Gasteiger partial charge in [-0.25, -0.2) is 14.4 Å². The fourth-order valence-corrected chi connectivity index (χ4v) is 8.90. The topological polar surface area (TPSA) is 115 Å². The summed E-state index contributed by atoms with van der Waals surface area (Å²) in [6.07, 6.45) is 3.38. The lowest BCUT2D eigenvalue weighted by Gasteiger charge is -2.34. The maximum Gasteiger partial charge on any atom is 0.257 e. The summed E-state index contributed by atoms with van der Waals surface area (Å²) in [5.41, 5.74) is 6.25. The third-order valence-corrected chi connectivity index (χ3v) is 12.0. The van der Waals surface area contributed by atoms with Crippen LogP contribution in [0, 0.1) is 19.7 Å². The van der Waals surface area contributed by atoms with Crippen LogP contribution in [-0.4, -0.2) is 93.2 Å². The van der Waals surface area contributed by atoms with Crippen LogP contribution < -0.4 is 10.9 Å². The predicted octanol–water partition coefficient (Wildman–Crippen LogP) is 6.52. The second-order valence-corrected chi connectivity index (χ2v) is 15.9. The standard InChI is InChI=1S/C23H27FN4O3.C17H20N4S/c1-14-17(23(30)28-9-2-3-19(29)22(28)25-14)8-12-27-10-6-15(7-11-27)21-18-5-4-16(24)13-20(18)31-26-21;1-12-11-13-16(21-9-7-20(2)8-10-21)18-14-5-3-4-6-15(14)19-17(13)22-12/h4-5,13,15,19,29H,2-3,6-12H2,1H3;3-6,11,19H,7-10H2,1-2H3/t19-;/m1./s1. The van der Waals surface area contributed by atoms with Gasteiger partial charge in [-0.2, -0.15) is 0 Å². The number of benzene rings is 2. The van der Waals surface area contributed by atoms with Crippen LogP contribution in [0.3, 0.4) is 0 Å². The van der Waals surface area contributed by atoms with Crippen molar-refractivity contribution in [2.45, 2.75) is 64.5 Å². The van der Waals surface area contributed by atoms with Gasteiger partial charge in [-0.05, 0) is 96.4 Å². The van der Waals surface area contributed by atoms with Gasteiger partial charge in [-0.1, -0.05) is 17.3 Å². The molecule has 9 rings (SSSR count). The van der Waals surface area contributed by atoms with Crippen molar-refractivity contribution in [3.05, 3.63) is 97.9 Å². The third-order valence-electron chi connectivity index (χ3n) is 11.0. The minimum Gasteiger partial charge on any atom is -0.385 e. The average Bonchev–Trinajstić information content (AvgIpc) is 3.70. The number of fused-ring (bicyclic) bond motifs is 4. The summed E-state index contributed by atoms with van der Waals surface area (Å²) in [4.78, 5) is 31.0. The molecule has 0 saturated carbocycles. The number of piperazine rings is 1. The number of nitrogens with one attached hydrogen (secondary N) is 1. The van der Waals surface area contributed by atoms with Crippen molar-refractivity contribution in [2.75, 3.05) is 58.2 Å². The summed E-state index contributed by atoms with van der Waals surface area (Å²) in [5, 5.41) is 20.0. The van der Waals surface area contributed by atoms with Crippen LogP contribution in [0.1, 0.15) is 70.9 Å². The number of piperidine rings is 1. The number of para-hydroxylation sites is 2. The first kappa shape index (κ1) is 35.6. The van der Waals surface area contributed by atoms with Gasteiger partial charge in [0.15, 0.2) is 5.58 Å². The number of likely N-dealkylation sites (tertiary alicyclic amines) is 1. The Labute approximate surface area is 312 Å². The van der Waals surface area contributed by atoms with Crippen molar-refractivity contribution >= 4 is 44.5 Å². The predicted molar refractivity (Wildman–Crippen MR) is 208 cm³/mol. The monoisotopic (exact) mass is 738 g/mol. The number of thiophene rings is 1. The van der Waals surface area contributed by atoms with E-state index in [0.29, 0.717) is 36.7 Å². The second kappa shape index (κ2) is 15.1. The zero-order chi connectivity index (χ0) is 36.6. The minimum atomic E-state index is -0.641. The molecule has 1 atom stereocenters. The lowest BCUT2D eigenvalue weighted by molar-refractivity contribution is 0.129. The first-order valence-corrected chi connectivity index (χ1v) is 19.6. The molecule has 0 amide bonds. The van der Waals surface area contributed by atoms with Crippen molar-refractivity contribution in [2.24, 2.45) is 4.99 Å². The van der Waals surface area contributed by atoms with E-state index in [-0.39, 0.29) is 11.4 Å². The maximum atomic E-state index is 13.4. The van der Waals surface area contributed by atoms with Crippen LogP contribution in [0.5, 0.6) is 0 Å². The molecule has 7 heterocycles. The zero-order valence-corrected chi connectivity index (χ0v) is 31.5. The Balaban J connectivity index is 0.000000160. The van der Waals surface area contributed by atoms with Gasteiger partial charge in [0.25, 0.3) is 5.56 Å². The highest BCUT2D eigenvalue weighted by atomic mass is 32.1. The number of hydrogen-bond donors (Lipinski definition) is 2. The largest absolute Gasteiger partial charge is 0.385 e. The van der Waals surface area contributed by atoms with Gasteiger partial charge >= 0.3 is 0 Å². The van der Waals surface area contributed by atoms with E-state index in [1.165, 1.54) is 27.6 Å². The molecular formula is C40H47FN8O3S. The van der Waals surface area contributed by atoms with Crippen LogP contribution in [0.25, 0.3) is 11.0 Å². The van der Waals surface area contributed by atoms with Crippen LogP contribution in [0.15, 0.2) is 62.8 Å². The van der Waals surface area contributed by atoms with Gasteiger partial charge < -0.3 is 29.6 Å². The van der Waals surface area contributed by atoms with E-state index in [1.807, 2.05) is 6.92 Å². The molecule has 13 heteroatoms. The van der Waals surface area contributed by atoms with Gasteiger partial charge in [0.05, 0.1) is 22.6 Å². The molecule has 2 fully saturated rings. The van der Waals surface area contributed by atoms with Gasteiger partial charge in [-0.3, -0.25) is 9.36 Å². The molecule has 2 saturated heterocycles. The van der Waals surface area contributed by atoms with Crippen LogP contribution in [0.2, 0.25) is 0 Å². The summed E-state index contributed by atoms with van der Waals surface area (Å²) in [6, 6.07) is 15.1. The number of aromatic nitrogens is 3. The number of aliphatic hydroxyl groups is 1. The Morgan fingerprint density at radius 1 is 1.00 bits per heavy atom. The molecule has 53 heavy (non-hydrogen) atoms. The van der Waals surface area contributed by atoms with Crippen molar-refractivity contribution in [3.8, 4) is 0 Å². The average molecular weight is 739 g/mol. The molecule has 11 nitrogen and oxygen atoms in total. The first-order valence-electron chi connectivity index (χ1n) is 18.8. The van der Waals surface area contributed by atoms with Crippen molar-refractivity contribution < 1.29 is 14.0 Å². The number of aryl methyl sites for hydroxylation is 2. The molecule has 0 aliphatic carbocycles. The van der Waals surface area contributed by atoms with E-state index in [0.717, 1.165) is 105 Å². The van der Waals surface area contributed by atoms with Crippen LogP contribution >= 0.6 is 11.3 Å². The molecule has 2 N–H and O–H groups in total. The molecule has 0 radical (unpaired) electrons. The zero-order valence-electron chi connectivity index (χ0n) is 30.6. The molecule has 0 bridgehead atoms. The normalized spacial score (nSPS) is 19.4. The number of likely N-dealkylation sites (N-methyl/N-ethyl adjacent to an activating group) is 1. The van der Waals surface area contributed by atoms with Crippen LogP contribution in [0.4, 0.5) is 20.8 Å². The highest BCUT2D eigenvalue weighted by Crippen LogP contribution is 2.39. The lowest BCUT2D eigenvalue weighted by atomic mass is 9.91. The minimum absolute atomic E-state index is 0.00237. The Morgan fingerprint density at radius 2 is 1.79 bits per heavy atom. The van der Waals surface area contributed by atoms with E-state index in [4.69, 9.17) is 9.52 Å². The van der Waals surface area contributed by atoms with Crippen molar-refractivity contribution in [1.82, 2.24) is 29.4 Å². The number of aliphatic hydroxyl groups excluding tert-OH is 1. The molecule has 4 aliphatic heterocycles. The number of halogens is 1. The SMILES string of the molecule is Cc1cc2c(s1)Nc1ccccc1N=C2N1CCN(C)CC1.Cc1nc2n(c(=O)c1CCN1CCC(c3noc4cc(F)ccc34)CC1)CCC[C@H]2O. The summed E-state index contributed by atoms with van der Waals surface area (Å²) in [5.74, 6) is 1.60. The number of anilines is 2.